The van der Waals surface area contributed by atoms with Gasteiger partial charge in [-0.05, 0) is 60.5 Å². The molecule has 1 fully saturated rings. The minimum absolute atomic E-state index is 0.0773. The molecule has 0 atom stereocenters. The Kier molecular flexibility index (Phi) is 5.42. The summed E-state index contributed by atoms with van der Waals surface area (Å²) < 4.78 is 15.3. The minimum Gasteiger partial charge on any atom is -0.370 e. The van der Waals surface area contributed by atoms with E-state index >= 15 is 0 Å². The maximum absolute atomic E-state index is 13.2. The molecule has 1 aliphatic rings. The second-order valence-electron chi connectivity index (χ2n) is 7.16. The molecule has 1 amide bonds. The van der Waals surface area contributed by atoms with Crippen molar-refractivity contribution in [1.82, 2.24) is 9.47 Å². The molecule has 144 valence electrons. The molecule has 2 heterocycles. The summed E-state index contributed by atoms with van der Waals surface area (Å²) in [5.74, 6) is -0.149. The van der Waals surface area contributed by atoms with Gasteiger partial charge in [0.15, 0.2) is 0 Å². The van der Waals surface area contributed by atoms with Gasteiger partial charge in [0, 0.05) is 56.4 Å². The van der Waals surface area contributed by atoms with Crippen molar-refractivity contribution in [2.45, 2.75) is 13.0 Å². The van der Waals surface area contributed by atoms with E-state index in [2.05, 4.69) is 9.47 Å². The summed E-state index contributed by atoms with van der Waals surface area (Å²) in [5.41, 5.74) is 2.91. The Morgan fingerprint density at radius 3 is 2.29 bits per heavy atom. The first-order chi connectivity index (χ1) is 13.7. The van der Waals surface area contributed by atoms with Crippen LogP contribution in [0.1, 0.15) is 22.3 Å². The number of amides is 1. The number of carbonyl (C=O) groups is 1. The third-order valence-electron chi connectivity index (χ3n) is 5.21. The highest BCUT2D eigenvalue weighted by atomic mass is 19.1. The van der Waals surface area contributed by atoms with Gasteiger partial charge in [-0.3, -0.25) is 4.79 Å². The van der Waals surface area contributed by atoms with Crippen LogP contribution in [0.3, 0.4) is 0 Å². The molecule has 4 nitrogen and oxygen atoms in total. The predicted molar refractivity (Wildman–Crippen MR) is 109 cm³/mol. The first-order valence-electron chi connectivity index (χ1n) is 9.68. The highest BCUT2D eigenvalue weighted by Crippen LogP contribution is 2.18. The van der Waals surface area contributed by atoms with Crippen LogP contribution in [0, 0.1) is 5.82 Å². The highest BCUT2D eigenvalue weighted by molar-refractivity contribution is 5.94. The molecule has 5 heteroatoms. The molecule has 0 N–H and O–H groups in total. The van der Waals surface area contributed by atoms with E-state index in [0.29, 0.717) is 6.54 Å². The lowest BCUT2D eigenvalue weighted by Gasteiger charge is -2.24. The van der Waals surface area contributed by atoms with Crippen LogP contribution >= 0.6 is 0 Å². The standard InChI is InChI=1S/C23H24FN3O/c24-21-8-10-22(11-9-21)26-14-3-15-27(17-16-26)23(28)20-6-4-19(5-7-20)18-25-12-1-2-13-25/h1-2,4-13H,3,14-18H2. The molecular formula is C23H24FN3O. The quantitative estimate of drug-likeness (QED) is 0.687. The molecule has 4 rings (SSSR count). The Bertz CT molecular complexity index is 904. The van der Waals surface area contributed by atoms with Gasteiger partial charge in [0.25, 0.3) is 5.91 Å². The SMILES string of the molecule is O=C(c1ccc(Cn2cccc2)cc1)N1CCCN(c2ccc(F)cc2)CC1. The molecule has 0 spiro atoms. The van der Waals surface area contributed by atoms with Crippen LogP contribution in [0.2, 0.25) is 0 Å². The maximum Gasteiger partial charge on any atom is 0.253 e. The fraction of sp³-hybridized carbons (Fsp3) is 0.261. The van der Waals surface area contributed by atoms with Gasteiger partial charge in [0.2, 0.25) is 0 Å². The lowest BCUT2D eigenvalue weighted by molar-refractivity contribution is 0.0767. The summed E-state index contributed by atoms with van der Waals surface area (Å²) in [4.78, 5) is 17.1. The normalized spacial score (nSPS) is 14.8. The van der Waals surface area contributed by atoms with Gasteiger partial charge in [-0.1, -0.05) is 12.1 Å². The van der Waals surface area contributed by atoms with E-state index in [1.165, 1.54) is 17.7 Å². The zero-order valence-electron chi connectivity index (χ0n) is 15.8. The number of hydrogen-bond donors (Lipinski definition) is 0. The number of rotatable bonds is 4. The van der Waals surface area contributed by atoms with Crippen LogP contribution in [0.5, 0.6) is 0 Å². The zero-order valence-corrected chi connectivity index (χ0v) is 15.8. The third-order valence-corrected chi connectivity index (χ3v) is 5.21. The summed E-state index contributed by atoms with van der Waals surface area (Å²) in [6.07, 6.45) is 4.96. The summed E-state index contributed by atoms with van der Waals surface area (Å²) in [6.45, 7) is 3.83. The molecule has 28 heavy (non-hydrogen) atoms. The fourth-order valence-electron chi connectivity index (χ4n) is 3.65. The van der Waals surface area contributed by atoms with Crippen LogP contribution in [0.15, 0.2) is 73.1 Å². The van der Waals surface area contributed by atoms with Crippen molar-refractivity contribution >= 4 is 11.6 Å². The monoisotopic (exact) mass is 377 g/mol. The molecule has 1 aliphatic heterocycles. The second kappa shape index (κ2) is 8.30. The molecular weight excluding hydrogens is 353 g/mol. The van der Waals surface area contributed by atoms with Crippen LogP contribution in [0.4, 0.5) is 10.1 Å². The molecule has 0 radical (unpaired) electrons. The van der Waals surface area contributed by atoms with Crippen molar-refractivity contribution in [3.8, 4) is 0 Å². The molecule has 1 aromatic heterocycles. The van der Waals surface area contributed by atoms with E-state index in [-0.39, 0.29) is 11.7 Å². The smallest absolute Gasteiger partial charge is 0.253 e. The Balaban J connectivity index is 1.38. The average molecular weight is 377 g/mol. The Morgan fingerprint density at radius 1 is 0.857 bits per heavy atom. The number of hydrogen-bond acceptors (Lipinski definition) is 2. The van der Waals surface area contributed by atoms with Crippen LogP contribution < -0.4 is 4.90 Å². The van der Waals surface area contributed by atoms with Gasteiger partial charge in [0.05, 0.1) is 0 Å². The number of anilines is 1. The van der Waals surface area contributed by atoms with Crippen molar-refractivity contribution in [2.24, 2.45) is 0 Å². The van der Waals surface area contributed by atoms with E-state index in [4.69, 9.17) is 0 Å². The van der Waals surface area contributed by atoms with Gasteiger partial charge < -0.3 is 14.4 Å². The van der Waals surface area contributed by atoms with Crippen molar-refractivity contribution in [3.63, 3.8) is 0 Å². The number of aromatic nitrogens is 1. The maximum atomic E-state index is 13.2. The van der Waals surface area contributed by atoms with E-state index in [1.807, 2.05) is 53.7 Å². The number of benzene rings is 2. The average Bonchev–Trinajstić information content (AvgIpc) is 3.10. The first kappa shape index (κ1) is 18.3. The Labute approximate surface area is 164 Å². The third kappa shape index (κ3) is 4.25. The molecule has 0 aliphatic carbocycles. The van der Waals surface area contributed by atoms with Gasteiger partial charge in [0.1, 0.15) is 5.82 Å². The molecule has 1 saturated heterocycles. The first-order valence-corrected chi connectivity index (χ1v) is 9.68. The van der Waals surface area contributed by atoms with E-state index in [0.717, 1.165) is 43.9 Å². The topological polar surface area (TPSA) is 28.5 Å². The summed E-state index contributed by atoms with van der Waals surface area (Å²) in [7, 11) is 0. The lowest BCUT2D eigenvalue weighted by atomic mass is 10.1. The van der Waals surface area contributed by atoms with Crippen LogP contribution in [-0.2, 0) is 6.54 Å². The Morgan fingerprint density at radius 2 is 1.57 bits per heavy atom. The second-order valence-corrected chi connectivity index (χ2v) is 7.16. The largest absolute Gasteiger partial charge is 0.370 e. The van der Waals surface area contributed by atoms with E-state index in [1.54, 1.807) is 12.1 Å². The molecule has 0 bridgehead atoms. The number of carbonyl (C=O) groups excluding carboxylic acids is 1. The highest BCUT2D eigenvalue weighted by Gasteiger charge is 2.20. The molecule has 2 aromatic carbocycles. The molecule has 0 saturated carbocycles. The van der Waals surface area contributed by atoms with Crippen molar-refractivity contribution < 1.29 is 9.18 Å². The van der Waals surface area contributed by atoms with Crippen molar-refractivity contribution in [2.75, 3.05) is 31.1 Å². The van der Waals surface area contributed by atoms with E-state index < -0.39 is 0 Å². The summed E-state index contributed by atoms with van der Waals surface area (Å²) in [5, 5.41) is 0. The Hall–Kier alpha value is -3.08. The summed E-state index contributed by atoms with van der Waals surface area (Å²) >= 11 is 0. The molecule has 0 unspecified atom stereocenters. The summed E-state index contributed by atoms with van der Waals surface area (Å²) in [6, 6.07) is 18.5. The number of nitrogens with zero attached hydrogens (tertiary/aromatic N) is 3. The minimum atomic E-state index is -0.226. The predicted octanol–water partition coefficient (Wildman–Crippen LogP) is 4.03. The van der Waals surface area contributed by atoms with E-state index in [9.17, 15) is 9.18 Å². The lowest BCUT2D eigenvalue weighted by Crippen LogP contribution is -2.35. The van der Waals surface area contributed by atoms with Crippen molar-refractivity contribution in [3.05, 3.63) is 90.0 Å². The van der Waals surface area contributed by atoms with Gasteiger partial charge in [-0.15, -0.1) is 0 Å². The van der Waals surface area contributed by atoms with Gasteiger partial charge in [-0.25, -0.2) is 4.39 Å². The fourth-order valence-corrected chi connectivity index (χ4v) is 3.65. The van der Waals surface area contributed by atoms with Crippen molar-refractivity contribution in [1.29, 1.82) is 0 Å². The zero-order chi connectivity index (χ0) is 19.3. The van der Waals surface area contributed by atoms with Gasteiger partial charge >= 0.3 is 0 Å². The number of halogens is 1. The van der Waals surface area contributed by atoms with Crippen LogP contribution in [0.25, 0.3) is 0 Å². The van der Waals surface area contributed by atoms with Crippen LogP contribution in [-0.4, -0.2) is 41.6 Å². The van der Waals surface area contributed by atoms with Gasteiger partial charge in [-0.2, -0.15) is 0 Å². The molecule has 3 aromatic rings.